The smallest absolute Gasteiger partial charge is 0.252 e. The molecule has 2 aromatic carbocycles. The van der Waals surface area contributed by atoms with Crippen LogP contribution in [0.4, 0.5) is 5.69 Å². The lowest BCUT2D eigenvalue weighted by Crippen LogP contribution is -2.13. The van der Waals surface area contributed by atoms with Crippen molar-refractivity contribution in [1.82, 2.24) is 0 Å². The molecular weight excluding hydrogens is 294 g/mol. The third kappa shape index (κ3) is 3.30. The van der Waals surface area contributed by atoms with Gasteiger partial charge in [0.25, 0.3) is 5.91 Å². The molecule has 2 aromatic rings. The summed E-state index contributed by atoms with van der Waals surface area (Å²) in [6, 6.07) is 10.1. The Morgan fingerprint density at radius 1 is 1.05 bits per heavy atom. The Labute approximate surface area is 121 Å². The molecule has 0 aliphatic heterocycles. The summed E-state index contributed by atoms with van der Waals surface area (Å²) < 4.78 is 28.2. The highest BCUT2D eigenvalue weighted by molar-refractivity contribution is 7.89. The van der Waals surface area contributed by atoms with E-state index in [1.807, 2.05) is 0 Å². The van der Waals surface area contributed by atoms with Crippen molar-refractivity contribution in [3.8, 4) is 11.5 Å². The number of anilines is 1. The molecular formula is C13H13N3O4S. The lowest BCUT2D eigenvalue weighted by Gasteiger charge is -2.12. The zero-order valence-electron chi connectivity index (χ0n) is 10.8. The molecule has 6 N–H and O–H groups in total. The zero-order valence-corrected chi connectivity index (χ0v) is 11.6. The van der Waals surface area contributed by atoms with E-state index in [1.165, 1.54) is 30.3 Å². The van der Waals surface area contributed by atoms with Gasteiger partial charge < -0.3 is 16.2 Å². The summed E-state index contributed by atoms with van der Waals surface area (Å²) in [6.45, 7) is 0. The number of primary sulfonamides is 1. The van der Waals surface area contributed by atoms with Crippen LogP contribution in [0.2, 0.25) is 0 Å². The van der Waals surface area contributed by atoms with Crippen molar-refractivity contribution >= 4 is 21.6 Å². The van der Waals surface area contributed by atoms with Crippen LogP contribution >= 0.6 is 0 Å². The number of sulfonamides is 1. The quantitative estimate of drug-likeness (QED) is 0.717. The second kappa shape index (κ2) is 5.43. The molecule has 1 amide bonds. The summed E-state index contributed by atoms with van der Waals surface area (Å²) in [5, 5.41) is 5.05. The maximum Gasteiger partial charge on any atom is 0.252 e. The number of rotatable bonds is 4. The summed E-state index contributed by atoms with van der Waals surface area (Å²) in [5.74, 6) is -0.440. The SMILES string of the molecule is NC(=O)c1ccccc1Oc1cc(S(N)(=O)=O)ccc1N. The van der Waals surface area contributed by atoms with Crippen LogP contribution in [0.3, 0.4) is 0 Å². The van der Waals surface area contributed by atoms with Crippen LogP contribution in [0.25, 0.3) is 0 Å². The molecule has 2 rings (SSSR count). The van der Waals surface area contributed by atoms with Crippen LogP contribution in [0.1, 0.15) is 10.4 Å². The first-order chi connectivity index (χ1) is 9.79. The minimum atomic E-state index is -3.89. The second-order valence-electron chi connectivity index (χ2n) is 4.21. The van der Waals surface area contributed by atoms with Gasteiger partial charge in [0, 0.05) is 6.07 Å². The number of nitrogen functional groups attached to an aromatic ring is 1. The Kier molecular flexibility index (Phi) is 3.83. The maximum atomic E-state index is 11.3. The number of hydrogen-bond acceptors (Lipinski definition) is 5. The molecule has 0 spiro atoms. The van der Waals surface area contributed by atoms with Crippen LogP contribution in [0, 0.1) is 0 Å². The molecule has 0 saturated carbocycles. The number of carbonyl (C=O) groups is 1. The molecule has 0 unspecified atom stereocenters. The topological polar surface area (TPSA) is 138 Å². The second-order valence-corrected chi connectivity index (χ2v) is 5.77. The van der Waals surface area contributed by atoms with E-state index >= 15 is 0 Å². The Hall–Kier alpha value is -2.58. The third-order valence-corrected chi connectivity index (χ3v) is 3.60. The third-order valence-electron chi connectivity index (χ3n) is 2.69. The molecule has 0 atom stereocenters. The molecule has 0 saturated heterocycles. The number of para-hydroxylation sites is 1. The number of hydrogen-bond donors (Lipinski definition) is 3. The molecule has 0 radical (unpaired) electrons. The molecule has 0 aliphatic rings. The van der Waals surface area contributed by atoms with Crippen LogP contribution in [0.5, 0.6) is 11.5 Å². The van der Waals surface area contributed by atoms with Gasteiger partial charge in [-0.15, -0.1) is 0 Å². The molecule has 21 heavy (non-hydrogen) atoms. The van der Waals surface area contributed by atoms with E-state index in [9.17, 15) is 13.2 Å². The highest BCUT2D eigenvalue weighted by atomic mass is 32.2. The van der Waals surface area contributed by atoms with Crippen LogP contribution in [0.15, 0.2) is 47.4 Å². The van der Waals surface area contributed by atoms with E-state index in [1.54, 1.807) is 12.1 Å². The largest absolute Gasteiger partial charge is 0.454 e. The van der Waals surface area contributed by atoms with Crippen molar-refractivity contribution in [3.63, 3.8) is 0 Å². The van der Waals surface area contributed by atoms with Gasteiger partial charge in [-0.1, -0.05) is 12.1 Å². The van der Waals surface area contributed by atoms with Gasteiger partial charge in [-0.3, -0.25) is 4.79 Å². The molecule has 0 bridgehead atoms. The summed E-state index contributed by atoms with van der Waals surface area (Å²) in [4.78, 5) is 11.2. The molecule has 110 valence electrons. The van der Waals surface area contributed by atoms with Gasteiger partial charge in [0.2, 0.25) is 10.0 Å². The first kappa shape index (κ1) is 14.8. The van der Waals surface area contributed by atoms with Crippen LogP contribution in [-0.2, 0) is 10.0 Å². The highest BCUT2D eigenvalue weighted by Gasteiger charge is 2.14. The number of nitrogens with two attached hydrogens (primary N) is 3. The van der Waals surface area contributed by atoms with Crippen molar-refractivity contribution < 1.29 is 17.9 Å². The molecule has 0 aliphatic carbocycles. The molecule has 0 heterocycles. The van der Waals surface area contributed by atoms with E-state index in [2.05, 4.69) is 0 Å². The standard InChI is InChI=1S/C13H13N3O4S/c14-10-6-5-8(21(16,18)19)7-12(10)20-11-4-2-1-3-9(11)13(15)17/h1-7H,14H2,(H2,15,17)(H2,16,18,19). The van der Waals surface area contributed by atoms with Crippen molar-refractivity contribution in [3.05, 3.63) is 48.0 Å². The van der Waals surface area contributed by atoms with Gasteiger partial charge in [-0.25, -0.2) is 13.6 Å². The van der Waals surface area contributed by atoms with Crippen molar-refractivity contribution in [2.75, 3.05) is 5.73 Å². The zero-order chi connectivity index (χ0) is 15.6. The minimum absolute atomic E-state index is 0.0650. The molecule has 0 aromatic heterocycles. The summed E-state index contributed by atoms with van der Waals surface area (Å²) in [7, 11) is -3.89. The first-order valence-corrected chi connectivity index (χ1v) is 7.32. The molecule has 7 nitrogen and oxygen atoms in total. The lowest BCUT2D eigenvalue weighted by molar-refractivity contribution is 0.0998. The van der Waals surface area contributed by atoms with E-state index in [-0.39, 0.29) is 27.6 Å². The predicted octanol–water partition coefficient (Wildman–Crippen LogP) is 0.807. The average Bonchev–Trinajstić information content (AvgIpc) is 2.40. The van der Waals surface area contributed by atoms with E-state index in [4.69, 9.17) is 21.3 Å². The van der Waals surface area contributed by atoms with E-state index < -0.39 is 15.9 Å². The highest BCUT2D eigenvalue weighted by Crippen LogP contribution is 2.31. The van der Waals surface area contributed by atoms with Crippen molar-refractivity contribution in [2.24, 2.45) is 10.9 Å². The van der Waals surface area contributed by atoms with Crippen molar-refractivity contribution in [2.45, 2.75) is 4.90 Å². The maximum absolute atomic E-state index is 11.3. The Morgan fingerprint density at radius 2 is 1.71 bits per heavy atom. The van der Waals surface area contributed by atoms with E-state index in [0.717, 1.165) is 0 Å². The van der Waals surface area contributed by atoms with Gasteiger partial charge in [0.05, 0.1) is 16.1 Å². The predicted molar refractivity (Wildman–Crippen MR) is 77.3 cm³/mol. The number of ether oxygens (including phenoxy) is 1. The normalized spacial score (nSPS) is 11.1. The van der Waals surface area contributed by atoms with Gasteiger partial charge >= 0.3 is 0 Å². The van der Waals surface area contributed by atoms with Gasteiger partial charge in [-0.2, -0.15) is 0 Å². The summed E-state index contributed by atoms with van der Waals surface area (Å²) in [5.41, 5.74) is 11.3. The Bertz CT molecular complexity index is 803. The minimum Gasteiger partial charge on any atom is -0.454 e. The number of amides is 1. The van der Waals surface area contributed by atoms with E-state index in [0.29, 0.717) is 0 Å². The summed E-state index contributed by atoms with van der Waals surface area (Å²) in [6.07, 6.45) is 0. The lowest BCUT2D eigenvalue weighted by atomic mass is 10.2. The fraction of sp³-hybridized carbons (Fsp3) is 0. The Morgan fingerprint density at radius 3 is 2.33 bits per heavy atom. The number of primary amides is 1. The van der Waals surface area contributed by atoms with Gasteiger partial charge in [0.1, 0.15) is 5.75 Å². The van der Waals surface area contributed by atoms with Crippen LogP contribution < -0.4 is 21.3 Å². The Balaban J connectivity index is 2.47. The fourth-order valence-corrected chi connectivity index (χ4v) is 2.19. The molecule has 8 heteroatoms. The van der Waals surface area contributed by atoms with Gasteiger partial charge in [-0.05, 0) is 24.3 Å². The van der Waals surface area contributed by atoms with Crippen molar-refractivity contribution in [1.29, 1.82) is 0 Å². The van der Waals surface area contributed by atoms with Gasteiger partial charge in [0.15, 0.2) is 5.75 Å². The first-order valence-electron chi connectivity index (χ1n) is 5.78. The number of benzene rings is 2. The fourth-order valence-electron chi connectivity index (χ4n) is 1.66. The monoisotopic (exact) mass is 307 g/mol. The number of carbonyl (C=O) groups excluding carboxylic acids is 1. The summed E-state index contributed by atoms with van der Waals surface area (Å²) >= 11 is 0. The average molecular weight is 307 g/mol. The molecule has 0 fully saturated rings. The van der Waals surface area contributed by atoms with Crippen LogP contribution in [-0.4, -0.2) is 14.3 Å².